The monoisotopic (exact) mass is 240 g/mol. The number of phenolic OH excluding ortho intramolecular Hbond substituents is 1. The highest BCUT2D eigenvalue weighted by Crippen LogP contribution is 2.27. The molecule has 68 valence electrons. The van der Waals surface area contributed by atoms with Crippen LogP contribution < -0.4 is 5.73 Å². The lowest BCUT2D eigenvalue weighted by Gasteiger charge is -2.01. The first kappa shape index (κ1) is 9.80. The molecular formula is C9H9BrN2O. The Morgan fingerprint density at radius 2 is 2.00 bits per heavy atom. The van der Waals surface area contributed by atoms with Crippen molar-refractivity contribution in [2.24, 2.45) is 0 Å². The molecule has 0 bridgehead atoms. The Kier molecular flexibility index (Phi) is 2.72. The molecule has 0 saturated heterocycles. The van der Waals surface area contributed by atoms with Crippen molar-refractivity contribution in [2.75, 3.05) is 5.73 Å². The molecule has 0 atom stereocenters. The number of aromatic hydroxyl groups is 1. The van der Waals surface area contributed by atoms with Crippen molar-refractivity contribution in [3.05, 3.63) is 30.5 Å². The Hall–Kier alpha value is -1.29. The van der Waals surface area contributed by atoms with Crippen LogP contribution in [0, 0.1) is 0 Å². The molecule has 0 aliphatic heterocycles. The van der Waals surface area contributed by atoms with E-state index in [1.807, 2.05) is 12.1 Å². The quantitative estimate of drug-likeness (QED) is 0.742. The van der Waals surface area contributed by atoms with Gasteiger partial charge in [-0.3, -0.25) is 0 Å². The second kappa shape index (κ2) is 3.62. The summed E-state index contributed by atoms with van der Waals surface area (Å²) < 4.78 is 0. The van der Waals surface area contributed by atoms with E-state index in [1.54, 1.807) is 18.3 Å². The number of pyridine rings is 1. The number of benzene rings is 1. The summed E-state index contributed by atoms with van der Waals surface area (Å²) in [6, 6.07) is 7.07. The lowest BCUT2D eigenvalue weighted by molar-refractivity contribution is 0.482. The number of aromatic nitrogens is 1. The molecule has 2 rings (SSSR count). The molecular weight excluding hydrogens is 232 g/mol. The summed E-state index contributed by atoms with van der Waals surface area (Å²) in [6.45, 7) is 0. The number of rotatable bonds is 0. The molecule has 0 saturated carbocycles. The summed E-state index contributed by atoms with van der Waals surface area (Å²) in [5, 5.41) is 11.0. The number of anilines is 1. The van der Waals surface area contributed by atoms with Crippen LogP contribution in [-0.2, 0) is 0 Å². The maximum atomic E-state index is 9.43. The average molecular weight is 241 g/mol. The van der Waals surface area contributed by atoms with Gasteiger partial charge in [-0.25, -0.2) is 4.98 Å². The van der Waals surface area contributed by atoms with E-state index in [1.165, 1.54) is 0 Å². The van der Waals surface area contributed by atoms with E-state index in [4.69, 9.17) is 5.73 Å². The lowest BCUT2D eigenvalue weighted by Crippen LogP contribution is -1.90. The molecule has 0 aliphatic rings. The summed E-state index contributed by atoms with van der Waals surface area (Å²) in [4.78, 5) is 3.89. The minimum absolute atomic E-state index is 0. The largest absolute Gasteiger partial charge is 0.507 e. The van der Waals surface area contributed by atoms with Crippen LogP contribution in [0.3, 0.4) is 0 Å². The second-order valence-corrected chi connectivity index (χ2v) is 2.57. The topological polar surface area (TPSA) is 59.1 Å². The second-order valence-electron chi connectivity index (χ2n) is 2.57. The molecule has 1 heterocycles. The van der Waals surface area contributed by atoms with E-state index < -0.39 is 0 Å². The van der Waals surface area contributed by atoms with Crippen molar-refractivity contribution < 1.29 is 5.11 Å². The Balaban J connectivity index is 0.000000845. The van der Waals surface area contributed by atoms with Crippen LogP contribution in [0.2, 0.25) is 0 Å². The number of hydrogen-bond acceptors (Lipinski definition) is 3. The Bertz CT molecular complexity index is 394. The fourth-order valence-electron chi connectivity index (χ4n) is 1.24. The zero-order valence-electron chi connectivity index (χ0n) is 6.77. The van der Waals surface area contributed by atoms with Gasteiger partial charge in [-0.15, -0.1) is 17.0 Å². The molecule has 4 heteroatoms. The Morgan fingerprint density at radius 3 is 2.69 bits per heavy atom. The number of hydrogen-bond donors (Lipinski definition) is 2. The van der Waals surface area contributed by atoms with Crippen molar-refractivity contribution in [3.63, 3.8) is 0 Å². The standard InChI is InChI=1S/C9H8N2O.BrH/c10-9-8-6(4-5-11-9)2-1-3-7(8)12;/h1-5,12H,(H2,10,11);1H. The number of fused-ring (bicyclic) bond motifs is 1. The van der Waals surface area contributed by atoms with Gasteiger partial charge in [0, 0.05) is 6.20 Å². The van der Waals surface area contributed by atoms with Crippen molar-refractivity contribution in [1.82, 2.24) is 4.98 Å². The first-order valence-electron chi connectivity index (χ1n) is 3.61. The smallest absolute Gasteiger partial charge is 0.134 e. The molecule has 1 aromatic heterocycles. The first-order chi connectivity index (χ1) is 5.79. The molecule has 0 unspecified atom stereocenters. The maximum Gasteiger partial charge on any atom is 0.134 e. The summed E-state index contributed by atoms with van der Waals surface area (Å²) in [7, 11) is 0. The van der Waals surface area contributed by atoms with Gasteiger partial charge in [0.1, 0.15) is 11.6 Å². The van der Waals surface area contributed by atoms with Gasteiger partial charge < -0.3 is 10.8 Å². The first-order valence-corrected chi connectivity index (χ1v) is 3.61. The van der Waals surface area contributed by atoms with E-state index >= 15 is 0 Å². The number of phenols is 1. The molecule has 0 spiro atoms. The van der Waals surface area contributed by atoms with Gasteiger partial charge >= 0.3 is 0 Å². The molecule has 0 radical (unpaired) electrons. The van der Waals surface area contributed by atoms with E-state index in [0.29, 0.717) is 11.2 Å². The van der Waals surface area contributed by atoms with Crippen LogP contribution in [0.15, 0.2) is 30.5 Å². The minimum atomic E-state index is 0. The molecule has 0 aliphatic carbocycles. The van der Waals surface area contributed by atoms with Crippen LogP contribution in [-0.4, -0.2) is 10.1 Å². The van der Waals surface area contributed by atoms with Crippen molar-refractivity contribution in [1.29, 1.82) is 0 Å². The Morgan fingerprint density at radius 1 is 1.23 bits per heavy atom. The molecule has 0 fully saturated rings. The summed E-state index contributed by atoms with van der Waals surface area (Å²) in [5.74, 6) is 0.545. The molecule has 2 aromatic rings. The lowest BCUT2D eigenvalue weighted by atomic mass is 10.1. The van der Waals surface area contributed by atoms with Gasteiger partial charge in [0.05, 0.1) is 5.39 Å². The molecule has 13 heavy (non-hydrogen) atoms. The van der Waals surface area contributed by atoms with Crippen molar-refractivity contribution >= 4 is 33.6 Å². The normalized spacial score (nSPS) is 9.54. The summed E-state index contributed by atoms with van der Waals surface area (Å²) >= 11 is 0. The SMILES string of the molecule is Br.Nc1nccc2cccc(O)c12. The minimum Gasteiger partial charge on any atom is -0.507 e. The zero-order valence-corrected chi connectivity index (χ0v) is 8.48. The fraction of sp³-hybridized carbons (Fsp3) is 0. The van der Waals surface area contributed by atoms with Crippen LogP contribution >= 0.6 is 17.0 Å². The molecule has 3 nitrogen and oxygen atoms in total. The number of nitrogen functional groups attached to an aromatic ring is 1. The van der Waals surface area contributed by atoms with E-state index in [0.717, 1.165) is 5.39 Å². The predicted molar refractivity (Wildman–Crippen MR) is 58.1 cm³/mol. The van der Waals surface area contributed by atoms with Gasteiger partial charge in [-0.1, -0.05) is 12.1 Å². The van der Waals surface area contributed by atoms with Crippen molar-refractivity contribution in [3.8, 4) is 5.75 Å². The van der Waals surface area contributed by atoms with E-state index in [9.17, 15) is 5.11 Å². The van der Waals surface area contributed by atoms with Gasteiger partial charge in [0.25, 0.3) is 0 Å². The fourth-order valence-corrected chi connectivity index (χ4v) is 1.24. The van der Waals surface area contributed by atoms with Crippen LogP contribution in [0.5, 0.6) is 5.75 Å². The third-order valence-corrected chi connectivity index (χ3v) is 1.80. The van der Waals surface area contributed by atoms with Crippen LogP contribution in [0.1, 0.15) is 0 Å². The van der Waals surface area contributed by atoms with Crippen LogP contribution in [0.4, 0.5) is 5.82 Å². The number of nitrogens with two attached hydrogens (primary N) is 1. The predicted octanol–water partition coefficient (Wildman–Crippen LogP) is 2.10. The van der Waals surface area contributed by atoms with E-state index in [2.05, 4.69) is 4.98 Å². The zero-order chi connectivity index (χ0) is 8.55. The van der Waals surface area contributed by atoms with Gasteiger partial charge in [-0.05, 0) is 17.5 Å². The highest BCUT2D eigenvalue weighted by molar-refractivity contribution is 8.93. The van der Waals surface area contributed by atoms with Gasteiger partial charge in [-0.2, -0.15) is 0 Å². The summed E-state index contributed by atoms with van der Waals surface area (Å²) in [5.41, 5.74) is 5.59. The molecule has 3 N–H and O–H groups in total. The number of nitrogens with zero attached hydrogens (tertiary/aromatic N) is 1. The van der Waals surface area contributed by atoms with Gasteiger partial charge in [0.2, 0.25) is 0 Å². The summed E-state index contributed by atoms with van der Waals surface area (Å²) in [6.07, 6.45) is 1.62. The van der Waals surface area contributed by atoms with Crippen LogP contribution in [0.25, 0.3) is 10.8 Å². The Labute approximate surface area is 86.0 Å². The van der Waals surface area contributed by atoms with Gasteiger partial charge in [0.15, 0.2) is 0 Å². The number of halogens is 1. The molecule has 0 amide bonds. The van der Waals surface area contributed by atoms with Crippen molar-refractivity contribution in [2.45, 2.75) is 0 Å². The third-order valence-electron chi connectivity index (χ3n) is 1.80. The highest BCUT2D eigenvalue weighted by Gasteiger charge is 2.01. The third kappa shape index (κ3) is 1.58. The highest BCUT2D eigenvalue weighted by atomic mass is 79.9. The average Bonchev–Trinajstić information content (AvgIpc) is 2.04. The van der Waals surface area contributed by atoms with E-state index in [-0.39, 0.29) is 22.7 Å². The maximum absolute atomic E-state index is 9.43. The molecule has 1 aromatic carbocycles.